The maximum absolute atomic E-state index is 10.7. The summed E-state index contributed by atoms with van der Waals surface area (Å²) in [5.41, 5.74) is 0.500. The van der Waals surface area contributed by atoms with Crippen molar-refractivity contribution in [3.05, 3.63) is 23.3 Å². The first-order valence-corrected chi connectivity index (χ1v) is 3.93. The first kappa shape index (κ1) is 10.2. The molecule has 0 saturated carbocycles. The summed E-state index contributed by atoms with van der Waals surface area (Å²) in [7, 11) is 2.90. The molecular formula is C10H10O4. The minimum Gasteiger partial charge on any atom is -0.497 e. The third kappa shape index (κ3) is 1.74. The molecule has 0 atom stereocenters. The Morgan fingerprint density at radius 1 is 1.07 bits per heavy atom. The van der Waals surface area contributed by atoms with Gasteiger partial charge < -0.3 is 9.47 Å². The zero-order chi connectivity index (χ0) is 10.6. The Morgan fingerprint density at radius 2 is 1.79 bits per heavy atom. The van der Waals surface area contributed by atoms with Crippen LogP contribution in [0.4, 0.5) is 0 Å². The van der Waals surface area contributed by atoms with Crippen LogP contribution in [0.3, 0.4) is 0 Å². The number of benzene rings is 1. The van der Waals surface area contributed by atoms with Gasteiger partial charge in [-0.25, -0.2) is 0 Å². The standard InChI is InChI=1S/C10H10O4/c1-13-8-3-7(5-11)9(6-12)10(4-8)14-2/h3-6H,1-2H3. The molecule has 0 aliphatic heterocycles. The molecule has 0 aromatic heterocycles. The van der Waals surface area contributed by atoms with Gasteiger partial charge in [-0.15, -0.1) is 0 Å². The Bertz CT molecular complexity index is 357. The molecule has 74 valence electrons. The number of carbonyl (C=O) groups is 2. The molecule has 0 amide bonds. The van der Waals surface area contributed by atoms with Crippen LogP contribution < -0.4 is 9.47 Å². The normalized spacial score (nSPS) is 9.29. The van der Waals surface area contributed by atoms with Gasteiger partial charge in [0.2, 0.25) is 0 Å². The summed E-state index contributed by atoms with van der Waals surface area (Å²) in [6.07, 6.45) is 1.18. The summed E-state index contributed by atoms with van der Waals surface area (Å²) in [5, 5.41) is 0. The summed E-state index contributed by atoms with van der Waals surface area (Å²) >= 11 is 0. The van der Waals surface area contributed by atoms with Gasteiger partial charge in [0, 0.05) is 11.6 Å². The van der Waals surface area contributed by atoms with Crippen molar-refractivity contribution in [3.63, 3.8) is 0 Å². The predicted molar refractivity (Wildman–Crippen MR) is 50.3 cm³/mol. The molecule has 4 nitrogen and oxygen atoms in total. The van der Waals surface area contributed by atoms with Crippen LogP contribution in [0.1, 0.15) is 20.7 Å². The van der Waals surface area contributed by atoms with E-state index in [0.29, 0.717) is 24.1 Å². The highest BCUT2D eigenvalue weighted by Crippen LogP contribution is 2.26. The molecule has 1 aromatic rings. The van der Waals surface area contributed by atoms with E-state index in [-0.39, 0.29) is 11.1 Å². The molecule has 0 bridgehead atoms. The van der Waals surface area contributed by atoms with Crippen LogP contribution in [0, 0.1) is 0 Å². The van der Waals surface area contributed by atoms with Gasteiger partial charge >= 0.3 is 0 Å². The maximum atomic E-state index is 10.7. The van der Waals surface area contributed by atoms with Gasteiger partial charge in [-0.1, -0.05) is 0 Å². The van der Waals surface area contributed by atoms with E-state index < -0.39 is 0 Å². The van der Waals surface area contributed by atoms with E-state index >= 15 is 0 Å². The SMILES string of the molecule is COc1cc(C=O)c(C=O)c(OC)c1. The summed E-state index contributed by atoms with van der Waals surface area (Å²) in [5.74, 6) is 0.816. The van der Waals surface area contributed by atoms with Gasteiger partial charge in [0.1, 0.15) is 11.5 Å². The monoisotopic (exact) mass is 194 g/mol. The third-order valence-corrected chi connectivity index (χ3v) is 1.85. The average Bonchev–Trinajstić information content (AvgIpc) is 2.26. The fourth-order valence-corrected chi connectivity index (χ4v) is 1.13. The first-order chi connectivity index (χ1) is 6.76. The number of rotatable bonds is 4. The zero-order valence-corrected chi connectivity index (χ0v) is 7.94. The highest BCUT2D eigenvalue weighted by Gasteiger charge is 2.10. The second kappa shape index (κ2) is 4.41. The molecule has 4 heteroatoms. The second-order valence-electron chi connectivity index (χ2n) is 2.57. The molecule has 0 heterocycles. The van der Waals surface area contributed by atoms with Crippen LogP contribution in [0.25, 0.3) is 0 Å². The van der Waals surface area contributed by atoms with Crippen molar-refractivity contribution in [1.82, 2.24) is 0 Å². The summed E-state index contributed by atoms with van der Waals surface area (Å²) < 4.78 is 9.89. The van der Waals surface area contributed by atoms with Crippen molar-refractivity contribution in [3.8, 4) is 11.5 Å². The zero-order valence-electron chi connectivity index (χ0n) is 7.94. The maximum Gasteiger partial charge on any atom is 0.154 e. The van der Waals surface area contributed by atoms with E-state index in [1.165, 1.54) is 20.3 Å². The van der Waals surface area contributed by atoms with Crippen molar-refractivity contribution >= 4 is 12.6 Å². The Balaban J connectivity index is 3.38. The lowest BCUT2D eigenvalue weighted by atomic mass is 10.1. The van der Waals surface area contributed by atoms with E-state index in [1.807, 2.05) is 0 Å². The van der Waals surface area contributed by atoms with E-state index in [9.17, 15) is 9.59 Å². The molecule has 0 N–H and O–H groups in total. The number of carbonyl (C=O) groups excluding carboxylic acids is 2. The highest BCUT2D eigenvalue weighted by atomic mass is 16.5. The number of ether oxygens (including phenoxy) is 2. The molecule has 0 spiro atoms. The smallest absolute Gasteiger partial charge is 0.154 e. The van der Waals surface area contributed by atoms with Crippen molar-refractivity contribution in [2.24, 2.45) is 0 Å². The average molecular weight is 194 g/mol. The topological polar surface area (TPSA) is 52.6 Å². The second-order valence-corrected chi connectivity index (χ2v) is 2.57. The van der Waals surface area contributed by atoms with Crippen molar-refractivity contribution < 1.29 is 19.1 Å². The van der Waals surface area contributed by atoms with Gasteiger partial charge in [-0.05, 0) is 6.07 Å². The molecular weight excluding hydrogens is 184 g/mol. The summed E-state index contributed by atoms with van der Waals surface area (Å²) in [6, 6.07) is 3.04. The predicted octanol–water partition coefficient (Wildman–Crippen LogP) is 1.33. The third-order valence-electron chi connectivity index (χ3n) is 1.85. The number of hydrogen-bond acceptors (Lipinski definition) is 4. The fourth-order valence-electron chi connectivity index (χ4n) is 1.13. The van der Waals surface area contributed by atoms with Crippen molar-refractivity contribution in [1.29, 1.82) is 0 Å². The van der Waals surface area contributed by atoms with Crippen LogP contribution in [0.5, 0.6) is 11.5 Å². The minimum atomic E-state index is 0.239. The van der Waals surface area contributed by atoms with Crippen LogP contribution in [-0.4, -0.2) is 26.8 Å². The number of methoxy groups -OCH3 is 2. The Morgan fingerprint density at radius 3 is 2.21 bits per heavy atom. The van der Waals surface area contributed by atoms with Crippen molar-refractivity contribution in [2.75, 3.05) is 14.2 Å². The molecule has 0 unspecified atom stereocenters. The molecule has 0 fully saturated rings. The van der Waals surface area contributed by atoms with E-state index in [0.717, 1.165) is 0 Å². The van der Waals surface area contributed by atoms with E-state index in [2.05, 4.69) is 0 Å². The van der Waals surface area contributed by atoms with Crippen LogP contribution in [0.2, 0.25) is 0 Å². The molecule has 0 aliphatic rings. The number of aldehydes is 2. The van der Waals surface area contributed by atoms with Gasteiger partial charge in [-0.3, -0.25) is 9.59 Å². The van der Waals surface area contributed by atoms with Crippen LogP contribution in [0.15, 0.2) is 12.1 Å². The molecule has 1 rings (SSSR count). The van der Waals surface area contributed by atoms with Gasteiger partial charge in [0.05, 0.1) is 19.8 Å². The molecule has 1 aromatic carbocycles. The minimum absolute atomic E-state index is 0.239. The largest absolute Gasteiger partial charge is 0.497 e. The Labute approximate surface area is 81.4 Å². The van der Waals surface area contributed by atoms with E-state index in [1.54, 1.807) is 6.07 Å². The highest BCUT2D eigenvalue weighted by molar-refractivity contribution is 5.93. The summed E-state index contributed by atoms with van der Waals surface area (Å²) in [4.78, 5) is 21.3. The molecule has 0 radical (unpaired) electrons. The number of hydrogen-bond donors (Lipinski definition) is 0. The Hall–Kier alpha value is -1.84. The summed E-state index contributed by atoms with van der Waals surface area (Å²) in [6.45, 7) is 0. The van der Waals surface area contributed by atoms with Gasteiger partial charge in [-0.2, -0.15) is 0 Å². The van der Waals surface area contributed by atoms with E-state index in [4.69, 9.17) is 9.47 Å². The molecule has 0 aliphatic carbocycles. The molecule has 14 heavy (non-hydrogen) atoms. The fraction of sp³-hybridized carbons (Fsp3) is 0.200. The lowest BCUT2D eigenvalue weighted by Gasteiger charge is -2.08. The Kier molecular flexibility index (Phi) is 3.23. The lowest BCUT2D eigenvalue weighted by Crippen LogP contribution is -1.97. The van der Waals surface area contributed by atoms with Crippen LogP contribution >= 0.6 is 0 Å². The van der Waals surface area contributed by atoms with Crippen molar-refractivity contribution in [2.45, 2.75) is 0 Å². The quantitative estimate of drug-likeness (QED) is 0.678. The lowest BCUT2D eigenvalue weighted by molar-refractivity contribution is 0.109. The van der Waals surface area contributed by atoms with Gasteiger partial charge in [0.25, 0.3) is 0 Å². The van der Waals surface area contributed by atoms with Crippen LogP contribution in [-0.2, 0) is 0 Å². The molecule has 0 saturated heterocycles. The first-order valence-electron chi connectivity index (χ1n) is 3.93. The van der Waals surface area contributed by atoms with Gasteiger partial charge in [0.15, 0.2) is 12.6 Å².